The van der Waals surface area contributed by atoms with E-state index in [1.165, 1.54) is 4.90 Å². The number of thioether (sulfide) groups is 1. The summed E-state index contributed by atoms with van der Waals surface area (Å²) in [6.45, 7) is 3.73. The van der Waals surface area contributed by atoms with Crippen LogP contribution >= 0.6 is 34.7 Å². The first-order valence-corrected chi connectivity index (χ1v) is 14.5. The Balaban J connectivity index is 1.53. The number of benzene rings is 2. The number of fused-ring (bicyclic) bond motifs is 1. The van der Waals surface area contributed by atoms with Gasteiger partial charge in [0.2, 0.25) is 5.91 Å². The number of ether oxygens (including phenoxy) is 1. The maximum Gasteiger partial charge on any atom is 0.229 e. The van der Waals surface area contributed by atoms with Crippen molar-refractivity contribution < 1.29 is 9.53 Å². The number of aromatic nitrogens is 2. The van der Waals surface area contributed by atoms with E-state index in [9.17, 15) is 4.79 Å². The molecule has 3 heterocycles. The number of thiazole rings is 1. The minimum Gasteiger partial charge on any atom is -0.376 e. The van der Waals surface area contributed by atoms with Gasteiger partial charge in [-0.25, -0.2) is 9.97 Å². The van der Waals surface area contributed by atoms with Crippen molar-refractivity contribution in [3.63, 3.8) is 0 Å². The summed E-state index contributed by atoms with van der Waals surface area (Å²) in [7, 11) is 0. The van der Waals surface area contributed by atoms with Crippen molar-refractivity contribution in [3.8, 4) is 11.3 Å². The van der Waals surface area contributed by atoms with Gasteiger partial charge in [-0.2, -0.15) is 0 Å². The zero-order valence-corrected chi connectivity index (χ0v) is 22.8. The van der Waals surface area contributed by atoms with E-state index in [1.807, 2.05) is 41.5 Å². The second-order valence-electron chi connectivity index (χ2n) is 9.01. The summed E-state index contributed by atoms with van der Waals surface area (Å²) in [5, 5.41) is 4.67. The minimum atomic E-state index is 0.0516. The van der Waals surface area contributed by atoms with E-state index in [1.54, 1.807) is 23.1 Å². The van der Waals surface area contributed by atoms with Crippen molar-refractivity contribution >= 4 is 51.5 Å². The highest BCUT2D eigenvalue weighted by Gasteiger charge is 2.25. The van der Waals surface area contributed by atoms with Gasteiger partial charge >= 0.3 is 0 Å². The van der Waals surface area contributed by atoms with E-state index < -0.39 is 0 Å². The first kappa shape index (κ1) is 25.2. The van der Waals surface area contributed by atoms with Gasteiger partial charge in [-0.3, -0.25) is 4.79 Å². The van der Waals surface area contributed by atoms with Crippen LogP contribution in [0.3, 0.4) is 0 Å². The molecular weight excluding hydrogens is 510 g/mol. The maximum atomic E-state index is 13.5. The lowest BCUT2D eigenvalue weighted by Crippen LogP contribution is -2.38. The lowest BCUT2D eigenvalue weighted by molar-refractivity contribution is -0.132. The second kappa shape index (κ2) is 11.3. The summed E-state index contributed by atoms with van der Waals surface area (Å²) in [5.41, 5.74) is 4.60. The van der Waals surface area contributed by atoms with Crippen molar-refractivity contribution in [1.82, 2.24) is 14.9 Å². The standard InChI is InChI=1S/C28H28ClN3O2S2/c1-18-30-23(17-36-18)13-27(33)32(16-24-4-3-11-34-24)15-21-12-20-7-10-25(35-2)14-26(20)31-28(21)19-5-8-22(29)9-6-19/h5-10,12,14,17,24H,3-4,11,13,15-16H2,1-2H3/t24-/m1/s1. The van der Waals surface area contributed by atoms with Gasteiger partial charge in [0.15, 0.2) is 0 Å². The third-order valence-corrected chi connectivity index (χ3v) is 8.18. The van der Waals surface area contributed by atoms with Gasteiger partial charge in [0, 0.05) is 45.9 Å². The number of nitrogens with zero attached hydrogens (tertiary/aromatic N) is 3. The number of rotatable bonds is 8. The van der Waals surface area contributed by atoms with Crippen LogP contribution in [0.25, 0.3) is 22.2 Å². The molecule has 1 atom stereocenters. The molecule has 8 heteroatoms. The molecule has 4 aromatic rings. The monoisotopic (exact) mass is 537 g/mol. The number of halogens is 1. The Kier molecular flexibility index (Phi) is 7.91. The first-order chi connectivity index (χ1) is 17.5. The van der Waals surface area contributed by atoms with Gasteiger partial charge in [0.25, 0.3) is 0 Å². The summed E-state index contributed by atoms with van der Waals surface area (Å²) in [5.74, 6) is 0.0516. The second-order valence-corrected chi connectivity index (χ2v) is 11.4. The Bertz CT molecular complexity index is 1370. The summed E-state index contributed by atoms with van der Waals surface area (Å²) in [4.78, 5) is 26.2. The molecular formula is C28H28ClN3O2S2. The molecule has 1 fully saturated rings. The van der Waals surface area contributed by atoms with Crippen LogP contribution in [0.5, 0.6) is 0 Å². The molecule has 0 N–H and O–H groups in total. The molecule has 1 aliphatic heterocycles. The molecule has 0 radical (unpaired) electrons. The topological polar surface area (TPSA) is 55.3 Å². The van der Waals surface area contributed by atoms with Gasteiger partial charge < -0.3 is 9.64 Å². The largest absolute Gasteiger partial charge is 0.376 e. The SMILES string of the molecule is CSc1ccc2cc(CN(C[C@H]3CCCO3)C(=O)Cc3csc(C)n3)c(-c3ccc(Cl)cc3)nc2c1. The molecule has 1 amide bonds. The molecule has 5 nitrogen and oxygen atoms in total. The quantitative estimate of drug-likeness (QED) is 0.231. The van der Waals surface area contributed by atoms with Gasteiger partial charge in [-0.15, -0.1) is 23.1 Å². The number of carbonyl (C=O) groups is 1. The minimum absolute atomic E-state index is 0.0516. The van der Waals surface area contributed by atoms with Crippen LogP contribution in [-0.2, 0) is 22.5 Å². The fraction of sp³-hybridized carbons (Fsp3) is 0.321. The summed E-state index contributed by atoms with van der Waals surface area (Å²) < 4.78 is 5.91. The normalized spacial score (nSPS) is 15.5. The molecule has 2 aromatic heterocycles. The summed E-state index contributed by atoms with van der Waals surface area (Å²) >= 11 is 9.45. The van der Waals surface area contributed by atoms with Gasteiger partial charge in [-0.1, -0.05) is 29.8 Å². The van der Waals surface area contributed by atoms with Crippen molar-refractivity contribution in [2.24, 2.45) is 0 Å². The average molecular weight is 538 g/mol. The van der Waals surface area contributed by atoms with Gasteiger partial charge in [0.1, 0.15) is 0 Å². The number of amides is 1. The Hall–Kier alpha value is -2.45. The van der Waals surface area contributed by atoms with Gasteiger partial charge in [0.05, 0.1) is 34.4 Å². The van der Waals surface area contributed by atoms with Crippen LogP contribution in [0.4, 0.5) is 0 Å². The van der Waals surface area contributed by atoms with Crippen LogP contribution in [-0.4, -0.2) is 46.3 Å². The summed E-state index contributed by atoms with van der Waals surface area (Å²) in [6.07, 6.45) is 4.41. The maximum absolute atomic E-state index is 13.5. The highest BCUT2D eigenvalue weighted by molar-refractivity contribution is 7.98. The molecule has 0 saturated carbocycles. The summed E-state index contributed by atoms with van der Waals surface area (Å²) in [6, 6.07) is 16.2. The first-order valence-electron chi connectivity index (χ1n) is 12.0. The number of carbonyl (C=O) groups excluding carboxylic acids is 1. The van der Waals surface area contributed by atoms with E-state index in [0.717, 1.165) is 57.9 Å². The Morgan fingerprint density at radius 1 is 1.19 bits per heavy atom. The fourth-order valence-corrected chi connectivity index (χ4v) is 5.72. The van der Waals surface area contributed by atoms with E-state index in [-0.39, 0.29) is 18.4 Å². The molecule has 0 unspecified atom stereocenters. The van der Waals surface area contributed by atoms with Crippen molar-refractivity contribution in [1.29, 1.82) is 0 Å². The smallest absolute Gasteiger partial charge is 0.229 e. The lowest BCUT2D eigenvalue weighted by atomic mass is 10.0. The highest BCUT2D eigenvalue weighted by atomic mass is 35.5. The van der Waals surface area contributed by atoms with Crippen LogP contribution in [0.15, 0.2) is 58.8 Å². The molecule has 186 valence electrons. The average Bonchev–Trinajstić information content (AvgIpc) is 3.55. The third kappa shape index (κ3) is 5.92. The number of hydrogen-bond donors (Lipinski definition) is 0. The van der Waals surface area contributed by atoms with E-state index in [4.69, 9.17) is 21.3 Å². The third-order valence-electron chi connectivity index (χ3n) is 6.38. The van der Waals surface area contributed by atoms with E-state index >= 15 is 0 Å². The Morgan fingerprint density at radius 3 is 2.72 bits per heavy atom. The zero-order valence-electron chi connectivity index (χ0n) is 20.4. The van der Waals surface area contributed by atoms with Crippen molar-refractivity contribution in [2.75, 3.05) is 19.4 Å². The van der Waals surface area contributed by atoms with Crippen LogP contribution < -0.4 is 0 Å². The predicted octanol–water partition coefficient (Wildman–Crippen LogP) is 6.79. The molecule has 36 heavy (non-hydrogen) atoms. The zero-order chi connectivity index (χ0) is 25.1. The Labute approximate surface area is 224 Å². The lowest BCUT2D eigenvalue weighted by Gasteiger charge is -2.26. The molecule has 5 rings (SSSR count). The molecule has 0 aliphatic carbocycles. The van der Waals surface area contributed by atoms with Crippen LogP contribution in [0.1, 0.15) is 29.1 Å². The molecule has 0 spiro atoms. The predicted molar refractivity (Wildman–Crippen MR) is 149 cm³/mol. The van der Waals surface area contributed by atoms with Crippen LogP contribution in [0, 0.1) is 6.92 Å². The van der Waals surface area contributed by atoms with Crippen molar-refractivity contribution in [2.45, 2.75) is 43.7 Å². The molecule has 1 aliphatic rings. The van der Waals surface area contributed by atoms with Crippen molar-refractivity contribution in [3.05, 3.63) is 75.2 Å². The number of aryl methyl sites for hydroxylation is 1. The van der Waals surface area contributed by atoms with Gasteiger partial charge in [-0.05, 0) is 61.9 Å². The molecule has 1 saturated heterocycles. The fourth-order valence-electron chi connectivity index (χ4n) is 4.55. The number of pyridine rings is 1. The highest BCUT2D eigenvalue weighted by Crippen LogP contribution is 2.30. The molecule has 2 aromatic carbocycles. The van der Waals surface area contributed by atoms with E-state index in [2.05, 4.69) is 35.5 Å². The Morgan fingerprint density at radius 2 is 2.03 bits per heavy atom. The van der Waals surface area contributed by atoms with E-state index in [0.29, 0.717) is 18.1 Å². The molecule has 0 bridgehead atoms. The van der Waals surface area contributed by atoms with Crippen LogP contribution in [0.2, 0.25) is 5.02 Å². The number of hydrogen-bond acceptors (Lipinski definition) is 6.